The Morgan fingerprint density at radius 2 is 1.94 bits per heavy atom. The minimum atomic E-state index is 0.275. The normalized spacial score (nSPS) is 14.3. The van der Waals surface area contributed by atoms with Crippen LogP contribution in [0.4, 0.5) is 0 Å². The third-order valence-electron chi connectivity index (χ3n) is 3.19. The number of hydrogen-bond donors (Lipinski definition) is 2. The van der Waals surface area contributed by atoms with E-state index in [1.807, 2.05) is 19.1 Å². The number of benzene rings is 1. The second-order valence-electron chi connectivity index (χ2n) is 4.52. The van der Waals surface area contributed by atoms with Crippen LogP contribution in [0, 0.1) is 6.92 Å². The van der Waals surface area contributed by atoms with Crippen LogP contribution < -0.4 is 5.32 Å². The lowest BCUT2D eigenvalue weighted by Gasteiger charge is -2.19. The van der Waals surface area contributed by atoms with E-state index in [0.29, 0.717) is 0 Å². The average Bonchev–Trinajstić information content (AvgIpc) is 2.38. The summed E-state index contributed by atoms with van der Waals surface area (Å²) in [4.78, 5) is 9.07. The van der Waals surface area contributed by atoms with Crippen molar-refractivity contribution in [3.05, 3.63) is 41.3 Å². The Kier molecular flexibility index (Phi) is 2.72. The van der Waals surface area contributed by atoms with Crippen LogP contribution in [0.3, 0.4) is 0 Å². The Morgan fingerprint density at radius 1 is 1.17 bits per heavy atom. The van der Waals surface area contributed by atoms with Gasteiger partial charge in [-0.3, -0.25) is 0 Å². The largest absolute Gasteiger partial charge is 0.508 e. The number of phenolic OH excluding ortho intramolecular Hbond substituents is 1. The van der Waals surface area contributed by atoms with Crippen LogP contribution in [0.1, 0.15) is 17.1 Å². The number of nitrogens with one attached hydrogen (secondary N) is 1. The van der Waals surface area contributed by atoms with Crippen molar-refractivity contribution >= 4 is 0 Å². The lowest BCUT2D eigenvalue weighted by Crippen LogP contribution is -2.26. The molecule has 0 bridgehead atoms. The molecule has 0 fully saturated rings. The van der Waals surface area contributed by atoms with E-state index in [-0.39, 0.29) is 5.75 Å². The Hall–Kier alpha value is -1.94. The van der Waals surface area contributed by atoms with Crippen LogP contribution in [0.2, 0.25) is 0 Å². The maximum Gasteiger partial charge on any atom is 0.126 e. The fraction of sp³-hybridized carbons (Fsp3) is 0.286. The van der Waals surface area contributed by atoms with Gasteiger partial charge in [0.1, 0.15) is 11.6 Å². The zero-order valence-electron chi connectivity index (χ0n) is 10.3. The van der Waals surface area contributed by atoms with E-state index in [0.717, 1.165) is 42.3 Å². The quantitative estimate of drug-likeness (QED) is 0.799. The van der Waals surface area contributed by atoms with Gasteiger partial charge in [-0.15, -0.1) is 0 Å². The van der Waals surface area contributed by atoms with Gasteiger partial charge in [0.15, 0.2) is 0 Å². The van der Waals surface area contributed by atoms with Crippen LogP contribution in [0.25, 0.3) is 11.3 Å². The van der Waals surface area contributed by atoms with Gasteiger partial charge in [-0.1, -0.05) is 0 Å². The number of nitrogens with zero attached hydrogens (tertiary/aromatic N) is 2. The van der Waals surface area contributed by atoms with Crippen molar-refractivity contribution in [2.45, 2.75) is 19.9 Å². The van der Waals surface area contributed by atoms with Gasteiger partial charge >= 0.3 is 0 Å². The maximum atomic E-state index is 9.35. The second-order valence-corrected chi connectivity index (χ2v) is 4.52. The number of aromatic hydroxyl groups is 1. The van der Waals surface area contributed by atoms with Gasteiger partial charge in [-0.25, -0.2) is 9.97 Å². The van der Waals surface area contributed by atoms with Crippen molar-refractivity contribution < 1.29 is 5.11 Å². The van der Waals surface area contributed by atoms with Gasteiger partial charge in [-0.2, -0.15) is 0 Å². The van der Waals surface area contributed by atoms with Gasteiger partial charge in [0.25, 0.3) is 0 Å². The molecular formula is C14H15N3O. The van der Waals surface area contributed by atoms with E-state index in [2.05, 4.69) is 15.3 Å². The molecule has 2 aromatic rings. The summed E-state index contributed by atoms with van der Waals surface area (Å²) in [5, 5.41) is 12.7. The van der Waals surface area contributed by atoms with Crippen molar-refractivity contribution in [2.24, 2.45) is 0 Å². The minimum Gasteiger partial charge on any atom is -0.508 e. The average molecular weight is 241 g/mol. The number of hydrogen-bond acceptors (Lipinski definition) is 4. The fourth-order valence-corrected chi connectivity index (χ4v) is 2.32. The van der Waals surface area contributed by atoms with Gasteiger partial charge < -0.3 is 10.4 Å². The minimum absolute atomic E-state index is 0.275. The molecule has 2 heterocycles. The summed E-state index contributed by atoms with van der Waals surface area (Å²) in [6.07, 6.45) is 0.948. The summed E-state index contributed by atoms with van der Waals surface area (Å²) in [6, 6.07) is 7.17. The number of aryl methyl sites for hydroxylation is 1. The van der Waals surface area contributed by atoms with Gasteiger partial charge in [0.2, 0.25) is 0 Å². The summed E-state index contributed by atoms with van der Waals surface area (Å²) in [7, 11) is 0. The smallest absolute Gasteiger partial charge is 0.126 e. The van der Waals surface area contributed by atoms with E-state index in [9.17, 15) is 5.11 Å². The van der Waals surface area contributed by atoms with Crippen molar-refractivity contribution in [3.8, 4) is 17.0 Å². The molecule has 1 aliphatic heterocycles. The molecule has 0 saturated carbocycles. The molecule has 2 N–H and O–H groups in total. The highest BCUT2D eigenvalue weighted by molar-refractivity contribution is 5.65. The monoisotopic (exact) mass is 241 g/mol. The standard InChI is InChI=1S/C14H15N3O/c1-9-16-13-6-7-15-8-12(13)14(17-9)10-2-4-11(18)5-3-10/h2-5,15,18H,6-8H2,1H3. The first-order chi connectivity index (χ1) is 8.74. The van der Waals surface area contributed by atoms with Crippen LogP contribution in [-0.4, -0.2) is 21.6 Å². The first-order valence-electron chi connectivity index (χ1n) is 6.10. The zero-order valence-corrected chi connectivity index (χ0v) is 10.3. The Bertz CT molecular complexity index is 578. The van der Waals surface area contributed by atoms with E-state index in [1.165, 1.54) is 5.56 Å². The first kappa shape index (κ1) is 11.2. The predicted molar refractivity (Wildman–Crippen MR) is 69.3 cm³/mol. The molecule has 1 aromatic heterocycles. The van der Waals surface area contributed by atoms with Crippen LogP contribution >= 0.6 is 0 Å². The number of aromatic nitrogens is 2. The molecule has 4 heteroatoms. The maximum absolute atomic E-state index is 9.35. The fourth-order valence-electron chi connectivity index (χ4n) is 2.32. The lowest BCUT2D eigenvalue weighted by molar-refractivity contribution is 0.475. The molecule has 4 nitrogen and oxygen atoms in total. The molecule has 0 amide bonds. The summed E-state index contributed by atoms with van der Waals surface area (Å²) in [5.74, 6) is 1.08. The molecule has 18 heavy (non-hydrogen) atoms. The molecule has 92 valence electrons. The van der Waals surface area contributed by atoms with Crippen molar-refractivity contribution in [1.29, 1.82) is 0 Å². The molecule has 0 aliphatic carbocycles. The Morgan fingerprint density at radius 3 is 2.72 bits per heavy atom. The highest BCUT2D eigenvalue weighted by atomic mass is 16.3. The molecule has 0 radical (unpaired) electrons. The number of rotatable bonds is 1. The molecule has 0 unspecified atom stereocenters. The van der Waals surface area contributed by atoms with E-state index >= 15 is 0 Å². The SMILES string of the molecule is Cc1nc2c(c(-c3ccc(O)cc3)n1)CNCC2. The van der Waals surface area contributed by atoms with Gasteiger partial charge in [0, 0.05) is 30.6 Å². The van der Waals surface area contributed by atoms with Crippen molar-refractivity contribution in [1.82, 2.24) is 15.3 Å². The molecule has 0 saturated heterocycles. The third-order valence-corrected chi connectivity index (χ3v) is 3.19. The van der Waals surface area contributed by atoms with E-state index < -0.39 is 0 Å². The molecule has 1 aromatic carbocycles. The summed E-state index contributed by atoms with van der Waals surface area (Å²) in [5.41, 5.74) is 4.32. The van der Waals surface area contributed by atoms with Gasteiger partial charge in [0.05, 0.1) is 11.4 Å². The van der Waals surface area contributed by atoms with E-state index in [1.54, 1.807) is 12.1 Å². The van der Waals surface area contributed by atoms with Crippen molar-refractivity contribution in [3.63, 3.8) is 0 Å². The zero-order chi connectivity index (χ0) is 12.5. The number of fused-ring (bicyclic) bond motifs is 1. The Labute approximate surface area is 106 Å². The van der Waals surface area contributed by atoms with Crippen LogP contribution in [0.5, 0.6) is 5.75 Å². The third kappa shape index (κ3) is 1.95. The van der Waals surface area contributed by atoms with Crippen molar-refractivity contribution in [2.75, 3.05) is 6.54 Å². The lowest BCUT2D eigenvalue weighted by atomic mass is 10.0. The summed E-state index contributed by atoms with van der Waals surface area (Å²) < 4.78 is 0. The molecule has 1 aliphatic rings. The highest BCUT2D eigenvalue weighted by Gasteiger charge is 2.17. The summed E-state index contributed by atoms with van der Waals surface area (Å²) >= 11 is 0. The molecular weight excluding hydrogens is 226 g/mol. The van der Waals surface area contributed by atoms with Gasteiger partial charge in [-0.05, 0) is 31.2 Å². The number of phenols is 1. The summed E-state index contributed by atoms with van der Waals surface area (Å²) in [6.45, 7) is 3.70. The molecule has 0 spiro atoms. The Balaban J connectivity index is 2.16. The van der Waals surface area contributed by atoms with Crippen LogP contribution in [0.15, 0.2) is 24.3 Å². The second kappa shape index (κ2) is 4.38. The highest BCUT2D eigenvalue weighted by Crippen LogP contribution is 2.26. The predicted octanol–water partition coefficient (Wildman–Crippen LogP) is 1.80. The van der Waals surface area contributed by atoms with E-state index in [4.69, 9.17) is 0 Å². The van der Waals surface area contributed by atoms with Crippen LogP contribution in [-0.2, 0) is 13.0 Å². The topological polar surface area (TPSA) is 58.0 Å². The first-order valence-corrected chi connectivity index (χ1v) is 6.10. The molecule has 0 atom stereocenters. The molecule has 3 rings (SSSR count).